The predicted octanol–water partition coefficient (Wildman–Crippen LogP) is 3.78. The van der Waals surface area contributed by atoms with E-state index < -0.39 is 0 Å². The molecule has 5 heteroatoms. The Kier molecular flexibility index (Phi) is 6.69. The maximum absolute atomic E-state index is 12.6. The van der Waals surface area contributed by atoms with Crippen LogP contribution in [0.25, 0.3) is 0 Å². The number of nitrogens with zero attached hydrogens (tertiary/aromatic N) is 1. The maximum atomic E-state index is 12.6. The Morgan fingerprint density at radius 2 is 1.75 bits per heavy atom. The fourth-order valence-corrected chi connectivity index (χ4v) is 3.74. The normalized spacial score (nSPS) is 19.1. The summed E-state index contributed by atoms with van der Waals surface area (Å²) in [6.07, 6.45) is 3.23. The average molecular weight is 380 g/mol. The van der Waals surface area contributed by atoms with Crippen molar-refractivity contribution < 1.29 is 14.3 Å². The van der Waals surface area contributed by atoms with Crippen LogP contribution in [0.2, 0.25) is 0 Å². The zero-order valence-corrected chi connectivity index (χ0v) is 16.6. The molecule has 2 amide bonds. The maximum Gasteiger partial charge on any atom is 0.260 e. The first-order valence-electron chi connectivity index (χ1n) is 9.90. The Bertz CT molecular complexity index is 797. The van der Waals surface area contributed by atoms with Crippen LogP contribution in [0.4, 0.5) is 0 Å². The van der Waals surface area contributed by atoms with Crippen molar-refractivity contribution in [3.8, 4) is 5.75 Å². The van der Waals surface area contributed by atoms with E-state index in [1.54, 1.807) is 24.3 Å². The van der Waals surface area contributed by atoms with Gasteiger partial charge in [-0.2, -0.15) is 0 Å². The molecule has 0 radical (unpaired) electrons. The van der Waals surface area contributed by atoms with Gasteiger partial charge in [-0.3, -0.25) is 9.59 Å². The molecule has 1 fully saturated rings. The first kappa shape index (κ1) is 19.9. The molecule has 1 N–H and O–H groups in total. The highest BCUT2D eigenvalue weighted by Gasteiger charge is 2.29. The Morgan fingerprint density at radius 1 is 1.04 bits per heavy atom. The fraction of sp³-hybridized carbons (Fsp3) is 0.391. The molecule has 28 heavy (non-hydrogen) atoms. The standard InChI is InChI=1S/C23H28N2O3/c1-17-8-6-9-18(2)25(17)22(26)16-28-21-13-7-12-20(14-21)23(27)24-15-19-10-4-3-5-11-19/h3-5,7,10-14,17-18H,6,8-9,15-16H2,1-2H3,(H,24,27)/t17-,18-/m0/s1. The van der Waals surface area contributed by atoms with Gasteiger partial charge in [-0.05, 0) is 56.9 Å². The lowest BCUT2D eigenvalue weighted by Gasteiger charge is -2.38. The van der Waals surface area contributed by atoms with E-state index in [0.717, 1.165) is 24.8 Å². The number of rotatable bonds is 6. The van der Waals surface area contributed by atoms with Crippen molar-refractivity contribution in [1.82, 2.24) is 10.2 Å². The minimum absolute atomic E-state index is 0.00127. The van der Waals surface area contributed by atoms with Gasteiger partial charge in [0.2, 0.25) is 0 Å². The summed E-state index contributed by atoms with van der Waals surface area (Å²) in [5.41, 5.74) is 1.55. The zero-order chi connectivity index (χ0) is 19.9. The minimum atomic E-state index is -0.168. The molecule has 0 unspecified atom stereocenters. The third kappa shape index (κ3) is 5.12. The summed E-state index contributed by atoms with van der Waals surface area (Å²) in [6.45, 7) is 4.63. The summed E-state index contributed by atoms with van der Waals surface area (Å²) in [4.78, 5) is 26.9. The number of nitrogens with one attached hydrogen (secondary N) is 1. The van der Waals surface area contributed by atoms with Crippen molar-refractivity contribution in [2.75, 3.05) is 6.61 Å². The first-order chi connectivity index (χ1) is 13.5. The van der Waals surface area contributed by atoms with E-state index in [1.165, 1.54) is 0 Å². The molecule has 148 valence electrons. The van der Waals surface area contributed by atoms with Gasteiger partial charge in [0.25, 0.3) is 11.8 Å². The van der Waals surface area contributed by atoms with Crippen LogP contribution in [0.15, 0.2) is 54.6 Å². The summed E-state index contributed by atoms with van der Waals surface area (Å²) in [5, 5.41) is 2.90. The number of likely N-dealkylation sites (tertiary alicyclic amines) is 1. The Morgan fingerprint density at radius 3 is 2.46 bits per heavy atom. The molecule has 1 aliphatic rings. The highest BCUT2D eigenvalue weighted by Crippen LogP contribution is 2.23. The molecule has 1 aliphatic heterocycles. The number of hydrogen-bond donors (Lipinski definition) is 1. The fourth-order valence-electron chi connectivity index (χ4n) is 3.74. The van der Waals surface area contributed by atoms with Crippen molar-refractivity contribution in [2.24, 2.45) is 0 Å². The highest BCUT2D eigenvalue weighted by atomic mass is 16.5. The predicted molar refractivity (Wildman–Crippen MR) is 109 cm³/mol. The Balaban J connectivity index is 1.55. The molecule has 3 rings (SSSR count). The number of piperidine rings is 1. The van der Waals surface area contributed by atoms with Crippen LogP contribution in [0, 0.1) is 0 Å². The third-order valence-corrected chi connectivity index (χ3v) is 5.24. The molecular formula is C23H28N2O3. The molecule has 2 atom stereocenters. The zero-order valence-electron chi connectivity index (χ0n) is 16.6. The van der Waals surface area contributed by atoms with Crippen LogP contribution in [-0.2, 0) is 11.3 Å². The summed E-state index contributed by atoms with van der Waals surface area (Å²) in [7, 11) is 0. The molecule has 0 bridgehead atoms. The molecular weight excluding hydrogens is 352 g/mol. The van der Waals surface area contributed by atoms with Gasteiger partial charge in [-0.15, -0.1) is 0 Å². The Hall–Kier alpha value is -2.82. The summed E-state index contributed by atoms with van der Waals surface area (Å²) in [6, 6.07) is 17.2. The van der Waals surface area contributed by atoms with Crippen LogP contribution in [0.3, 0.4) is 0 Å². The van der Waals surface area contributed by atoms with Crippen LogP contribution in [0.5, 0.6) is 5.75 Å². The van der Waals surface area contributed by atoms with Gasteiger partial charge in [0, 0.05) is 24.2 Å². The lowest BCUT2D eigenvalue weighted by molar-refractivity contribution is -0.139. The molecule has 2 aromatic rings. The second-order valence-corrected chi connectivity index (χ2v) is 7.41. The van der Waals surface area contributed by atoms with E-state index in [-0.39, 0.29) is 30.5 Å². The lowest BCUT2D eigenvalue weighted by Crippen LogP contribution is -2.49. The number of ether oxygens (including phenoxy) is 1. The topological polar surface area (TPSA) is 58.6 Å². The van der Waals surface area contributed by atoms with Gasteiger partial charge in [-0.25, -0.2) is 0 Å². The van der Waals surface area contributed by atoms with Gasteiger partial charge in [0.15, 0.2) is 6.61 Å². The van der Waals surface area contributed by atoms with Crippen LogP contribution >= 0.6 is 0 Å². The van der Waals surface area contributed by atoms with Gasteiger partial charge < -0.3 is 15.0 Å². The van der Waals surface area contributed by atoms with Gasteiger partial charge in [0.1, 0.15) is 5.75 Å². The number of carbonyl (C=O) groups is 2. The van der Waals surface area contributed by atoms with Crippen molar-refractivity contribution in [1.29, 1.82) is 0 Å². The molecule has 0 aromatic heterocycles. The van der Waals surface area contributed by atoms with E-state index in [4.69, 9.17) is 4.74 Å². The van der Waals surface area contributed by atoms with Crippen molar-refractivity contribution in [2.45, 2.75) is 51.7 Å². The molecule has 1 saturated heterocycles. The average Bonchev–Trinajstić information content (AvgIpc) is 2.71. The molecule has 5 nitrogen and oxygen atoms in total. The second kappa shape index (κ2) is 9.40. The molecule has 1 heterocycles. The smallest absolute Gasteiger partial charge is 0.260 e. The van der Waals surface area contributed by atoms with Crippen LogP contribution < -0.4 is 10.1 Å². The van der Waals surface area contributed by atoms with Gasteiger partial charge in [-0.1, -0.05) is 36.4 Å². The molecule has 0 spiro atoms. The monoisotopic (exact) mass is 380 g/mol. The van der Waals surface area contributed by atoms with Crippen molar-refractivity contribution in [3.63, 3.8) is 0 Å². The van der Waals surface area contributed by atoms with Gasteiger partial charge in [0.05, 0.1) is 0 Å². The van der Waals surface area contributed by atoms with E-state index >= 15 is 0 Å². The third-order valence-electron chi connectivity index (χ3n) is 5.24. The van der Waals surface area contributed by atoms with E-state index in [9.17, 15) is 9.59 Å². The van der Waals surface area contributed by atoms with E-state index in [0.29, 0.717) is 17.9 Å². The largest absolute Gasteiger partial charge is 0.484 e. The first-order valence-corrected chi connectivity index (χ1v) is 9.90. The van der Waals surface area contributed by atoms with Crippen LogP contribution in [-0.4, -0.2) is 35.4 Å². The minimum Gasteiger partial charge on any atom is -0.484 e. The van der Waals surface area contributed by atoms with Crippen LogP contribution in [0.1, 0.15) is 49.0 Å². The van der Waals surface area contributed by atoms with Crippen molar-refractivity contribution in [3.05, 3.63) is 65.7 Å². The summed E-state index contributed by atoms with van der Waals surface area (Å²) < 4.78 is 5.70. The number of amides is 2. The summed E-state index contributed by atoms with van der Waals surface area (Å²) in [5.74, 6) is 0.357. The lowest BCUT2D eigenvalue weighted by atomic mass is 9.97. The second-order valence-electron chi connectivity index (χ2n) is 7.41. The Labute approximate surface area is 166 Å². The number of hydrogen-bond acceptors (Lipinski definition) is 3. The van der Waals surface area contributed by atoms with Gasteiger partial charge >= 0.3 is 0 Å². The number of benzene rings is 2. The quantitative estimate of drug-likeness (QED) is 0.830. The highest BCUT2D eigenvalue weighted by molar-refractivity contribution is 5.94. The molecule has 0 aliphatic carbocycles. The molecule has 0 saturated carbocycles. The van der Waals surface area contributed by atoms with Crippen molar-refractivity contribution >= 4 is 11.8 Å². The van der Waals surface area contributed by atoms with E-state index in [2.05, 4.69) is 19.2 Å². The molecule has 2 aromatic carbocycles. The summed E-state index contributed by atoms with van der Waals surface area (Å²) >= 11 is 0. The van der Waals surface area contributed by atoms with E-state index in [1.807, 2.05) is 35.2 Å². The number of carbonyl (C=O) groups excluding carboxylic acids is 2. The SMILES string of the molecule is C[C@H]1CCC[C@H](C)N1C(=O)COc1cccc(C(=O)NCc2ccccc2)c1.